The van der Waals surface area contributed by atoms with Crippen LogP contribution in [0.25, 0.3) is 0 Å². The van der Waals surface area contributed by atoms with Crippen LogP contribution in [0.15, 0.2) is 22.7 Å². The molecule has 0 bridgehead atoms. The van der Waals surface area contributed by atoms with Crippen LogP contribution < -0.4 is 5.32 Å². The fraction of sp³-hybridized carbons (Fsp3) is 0.182. The number of carbonyl (C=O) groups is 3. The van der Waals surface area contributed by atoms with Crippen LogP contribution in [0.4, 0.5) is 4.39 Å². The van der Waals surface area contributed by atoms with E-state index in [1.165, 1.54) is 12.1 Å². The summed E-state index contributed by atoms with van der Waals surface area (Å²) < 4.78 is 14.1. The summed E-state index contributed by atoms with van der Waals surface area (Å²) in [4.78, 5) is 35.3. The molecule has 1 N–H and O–H groups in total. The summed E-state index contributed by atoms with van der Waals surface area (Å²) in [5.74, 6) is -2.52. The number of nitrogens with zero attached hydrogens (tertiary/aromatic N) is 1. The molecule has 0 spiro atoms. The molecule has 5 nitrogen and oxygen atoms in total. The molecule has 1 fully saturated rings. The maximum Gasteiger partial charge on any atom is 0.257 e. The average molecular weight is 315 g/mol. The summed E-state index contributed by atoms with van der Waals surface area (Å²) in [6, 6.07) is 3.91. The minimum absolute atomic E-state index is 0.174. The Morgan fingerprint density at radius 2 is 1.89 bits per heavy atom. The molecule has 94 valence electrons. The van der Waals surface area contributed by atoms with Crippen LogP contribution >= 0.6 is 15.9 Å². The zero-order valence-corrected chi connectivity index (χ0v) is 10.7. The van der Waals surface area contributed by atoms with Gasteiger partial charge in [0.25, 0.3) is 5.91 Å². The number of nitrogens with one attached hydrogen (secondary N) is 1. The van der Waals surface area contributed by atoms with E-state index in [0.717, 1.165) is 11.0 Å². The van der Waals surface area contributed by atoms with Crippen molar-refractivity contribution in [3.8, 4) is 0 Å². The standard InChI is InChI=1S/C11H8BrFN2O3/c12-6-1-2-8(13)7(3-6)11(18)15-4-9(16)14-10(17)5-15/h1-3H,4-5H2,(H,14,16,17). The molecule has 0 radical (unpaired) electrons. The van der Waals surface area contributed by atoms with Crippen LogP contribution in [0.3, 0.4) is 0 Å². The molecule has 1 saturated heterocycles. The number of hydrogen-bond donors (Lipinski definition) is 1. The molecule has 1 aliphatic heterocycles. The van der Waals surface area contributed by atoms with Crippen molar-refractivity contribution in [2.45, 2.75) is 0 Å². The van der Waals surface area contributed by atoms with Crippen molar-refractivity contribution in [1.29, 1.82) is 0 Å². The van der Waals surface area contributed by atoms with E-state index < -0.39 is 23.5 Å². The van der Waals surface area contributed by atoms with Gasteiger partial charge in [-0.1, -0.05) is 15.9 Å². The quantitative estimate of drug-likeness (QED) is 0.775. The van der Waals surface area contributed by atoms with Crippen LogP contribution in [0.2, 0.25) is 0 Å². The minimum Gasteiger partial charge on any atom is -0.320 e. The first-order chi connectivity index (χ1) is 8.47. The fourth-order valence-corrected chi connectivity index (χ4v) is 1.97. The number of imide groups is 1. The maximum atomic E-state index is 13.5. The number of halogens is 2. The Balaban J connectivity index is 2.28. The first kappa shape index (κ1) is 12.7. The fourth-order valence-electron chi connectivity index (χ4n) is 1.61. The smallest absolute Gasteiger partial charge is 0.257 e. The average Bonchev–Trinajstić information content (AvgIpc) is 2.30. The van der Waals surface area contributed by atoms with Gasteiger partial charge in [-0.25, -0.2) is 4.39 Å². The number of rotatable bonds is 1. The Hall–Kier alpha value is -1.76. The number of benzene rings is 1. The van der Waals surface area contributed by atoms with Gasteiger partial charge in [0.05, 0.1) is 5.56 Å². The molecule has 1 aromatic carbocycles. The molecule has 2 rings (SSSR count). The molecule has 18 heavy (non-hydrogen) atoms. The topological polar surface area (TPSA) is 66.5 Å². The first-order valence-electron chi connectivity index (χ1n) is 5.04. The third kappa shape index (κ3) is 2.56. The highest BCUT2D eigenvalue weighted by Gasteiger charge is 2.28. The molecule has 1 aromatic rings. The van der Waals surface area contributed by atoms with E-state index in [9.17, 15) is 18.8 Å². The molecule has 0 atom stereocenters. The van der Waals surface area contributed by atoms with Gasteiger partial charge in [-0.15, -0.1) is 0 Å². The molecule has 7 heteroatoms. The number of hydrogen-bond acceptors (Lipinski definition) is 3. The lowest BCUT2D eigenvalue weighted by Crippen LogP contribution is -2.53. The molecule has 1 aliphatic rings. The molecule has 1 heterocycles. The van der Waals surface area contributed by atoms with E-state index in [1.807, 2.05) is 0 Å². The summed E-state index contributed by atoms with van der Waals surface area (Å²) in [5, 5.41) is 2.07. The zero-order chi connectivity index (χ0) is 13.3. The van der Waals surface area contributed by atoms with Gasteiger partial charge in [0.15, 0.2) is 0 Å². The van der Waals surface area contributed by atoms with Gasteiger partial charge in [-0.3, -0.25) is 19.7 Å². The predicted octanol–water partition coefficient (Wildman–Crippen LogP) is 0.687. The molecule has 0 saturated carbocycles. The molecular weight excluding hydrogens is 307 g/mol. The van der Waals surface area contributed by atoms with Crippen LogP contribution in [-0.2, 0) is 9.59 Å². The van der Waals surface area contributed by atoms with Gasteiger partial charge < -0.3 is 4.90 Å². The molecule has 0 unspecified atom stereocenters. The van der Waals surface area contributed by atoms with E-state index in [2.05, 4.69) is 21.2 Å². The predicted molar refractivity (Wildman–Crippen MR) is 63.2 cm³/mol. The van der Waals surface area contributed by atoms with Crippen molar-refractivity contribution in [2.75, 3.05) is 13.1 Å². The van der Waals surface area contributed by atoms with E-state index in [-0.39, 0.29) is 18.7 Å². The molecular formula is C11H8BrFN2O3. The van der Waals surface area contributed by atoms with E-state index in [1.54, 1.807) is 0 Å². The van der Waals surface area contributed by atoms with Crippen LogP contribution in [-0.4, -0.2) is 35.7 Å². The Bertz CT molecular complexity index is 531. The van der Waals surface area contributed by atoms with Crippen LogP contribution in [0, 0.1) is 5.82 Å². The lowest BCUT2D eigenvalue weighted by atomic mass is 10.1. The van der Waals surface area contributed by atoms with Crippen molar-refractivity contribution in [3.05, 3.63) is 34.1 Å². The van der Waals surface area contributed by atoms with Crippen molar-refractivity contribution < 1.29 is 18.8 Å². The maximum absolute atomic E-state index is 13.5. The summed E-state index contributed by atoms with van der Waals surface area (Å²) in [7, 11) is 0. The van der Waals surface area contributed by atoms with Crippen LogP contribution in [0.5, 0.6) is 0 Å². The van der Waals surface area contributed by atoms with Gasteiger partial charge in [0, 0.05) is 4.47 Å². The van der Waals surface area contributed by atoms with Crippen molar-refractivity contribution >= 4 is 33.7 Å². The summed E-state index contributed by atoms with van der Waals surface area (Å²) in [6.45, 7) is -0.507. The van der Waals surface area contributed by atoms with Crippen LogP contribution in [0.1, 0.15) is 10.4 Å². The zero-order valence-electron chi connectivity index (χ0n) is 9.07. The third-order valence-electron chi connectivity index (χ3n) is 2.39. The van der Waals surface area contributed by atoms with E-state index in [4.69, 9.17) is 0 Å². The lowest BCUT2D eigenvalue weighted by Gasteiger charge is -2.25. The summed E-state index contributed by atoms with van der Waals surface area (Å²) in [6.07, 6.45) is 0. The highest BCUT2D eigenvalue weighted by Crippen LogP contribution is 2.17. The van der Waals surface area contributed by atoms with Gasteiger partial charge in [-0.2, -0.15) is 0 Å². The molecule has 0 aromatic heterocycles. The lowest BCUT2D eigenvalue weighted by molar-refractivity contribution is -0.135. The number of piperazine rings is 1. The molecule has 3 amide bonds. The Labute approximate surface area is 110 Å². The first-order valence-corrected chi connectivity index (χ1v) is 5.83. The SMILES string of the molecule is O=C1CN(C(=O)c2cc(Br)ccc2F)CC(=O)N1. The Morgan fingerprint density at radius 1 is 1.28 bits per heavy atom. The Kier molecular flexibility index (Phi) is 3.42. The normalized spacial score (nSPS) is 15.6. The van der Waals surface area contributed by atoms with Gasteiger partial charge in [-0.05, 0) is 18.2 Å². The Morgan fingerprint density at radius 3 is 2.50 bits per heavy atom. The van der Waals surface area contributed by atoms with Gasteiger partial charge in [0.2, 0.25) is 11.8 Å². The minimum atomic E-state index is -0.693. The number of amides is 3. The second-order valence-corrected chi connectivity index (χ2v) is 4.67. The molecule has 0 aliphatic carbocycles. The summed E-state index contributed by atoms with van der Waals surface area (Å²) >= 11 is 3.13. The van der Waals surface area contributed by atoms with E-state index >= 15 is 0 Å². The monoisotopic (exact) mass is 314 g/mol. The van der Waals surface area contributed by atoms with Crippen molar-refractivity contribution in [3.63, 3.8) is 0 Å². The third-order valence-corrected chi connectivity index (χ3v) is 2.89. The van der Waals surface area contributed by atoms with Crippen molar-refractivity contribution in [2.24, 2.45) is 0 Å². The number of carbonyl (C=O) groups excluding carboxylic acids is 3. The largest absolute Gasteiger partial charge is 0.320 e. The van der Waals surface area contributed by atoms with Crippen molar-refractivity contribution in [1.82, 2.24) is 10.2 Å². The second kappa shape index (κ2) is 4.85. The highest BCUT2D eigenvalue weighted by atomic mass is 79.9. The summed E-state index contributed by atoms with van der Waals surface area (Å²) in [5.41, 5.74) is -0.174. The van der Waals surface area contributed by atoms with E-state index in [0.29, 0.717) is 4.47 Å². The van der Waals surface area contributed by atoms with Gasteiger partial charge in [0.1, 0.15) is 18.9 Å². The van der Waals surface area contributed by atoms with Gasteiger partial charge >= 0.3 is 0 Å². The second-order valence-electron chi connectivity index (χ2n) is 3.76. The highest BCUT2D eigenvalue weighted by molar-refractivity contribution is 9.10.